The number of benzene rings is 2. The van der Waals surface area contributed by atoms with Crippen LogP contribution in [0, 0.1) is 5.82 Å². The molecule has 0 aliphatic heterocycles. The molecular weight excluding hydrogens is 351 g/mol. The highest BCUT2D eigenvalue weighted by Crippen LogP contribution is 2.25. The zero-order chi connectivity index (χ0) is 19.8. The lowest BCUT2D eigenvalue weighted by Crippen LogP contribution is -2.35. The molecule has 0 saturated heterocycles. The van der Waals surface area contributed by atoms with E-state index in [1.807, 2.05) is 6.07 Å². The zero-order valence-electron chi connectivity index (χ0n) is 15.6. The summed E-state index contributed by atoms with van der Waals surface area (Å²) in [6, 6.07) is 11.0. The number of likely N-dealkylation sites (N-methyl/N-ethyl adjacent to an activating group) is 1. The van der Waals surface area contributed by atoms with E-state index in [0.29, 0.717) is 23.6 Å². The number of ether oxygens (including phenoxy) is 2. The Labute approximate surface area is 157 Å². The normalized spacial score (nSPS) is 10.2. The molecule has 27 heavy (non-hydrogen) atoms. The van der Waals surface area contributed by atoms with Crippen molar-refractivity contribution in [3.63, 3.8) is 0 Å². The molecule has 6 nitrogen and oxygen atoms in total. The Kier molecular flexibility index (Phi) is 7.16. The molecule has 2 amide bonds. The van der Waals surface area contributed by atoms with Crippen molar-refractivity contribution in [1.82, 2.24) is 4.90 Å². The van der Waals surface area contributed by atoms with Crippen molar-refractivity contribution in [1.29, 1.82) is 0 Å². The minimum atomic E-state index is -0.440. The van der Waals surface area contributed by atoms with Crippen LogP contribution in [0.5, 0.6) is 11.5 Å². The molecule has 0 spiro atoms. The standard InChI is InChI=1S/C20H23FN2O4/c1-23(13-19(24)22-16-6-4-5-15(21)12-16)20(25)10-7-14-11-17(26-2)8-9-18(14)27-3/h4-6,8-9,11-12H,7,10,13H2,1-3H3,(H,22,24). The third-order valence-electron chi connectivity index (χ3n) is 4.01. The number of halogens is 1. The average molecular weight is 374 g/mol. The summed E-state index contributed by atoms with van der Waals surface area (Å²) >= 11 is 0. The average Bonchev–Trinajstić information content (AvgIpc) is 2.65. The Balaban J connectivity index is 1.89. The molecule has 0 radical (unpaired) electrons. The molecule has 2 aromatic rings. The third-order valence-corrected chi connectivity index (χ3v) is 4.01. The topological polar surface area (TPSA) is 67.9 Å². The second-order valence-electron chi connectivity index (χ2n) is 5.99. The third kappa shape index (κ3) is 5.99. The van der Waals surface area contributed by atoms with E-state index in [2.05, 4.69) is 5.32 Å². The molecule has 0 bridgehead atoms. The van der Waals surface area contributed by atoms with Gasteiger partial charge >= 0.3 is 0 Å². The number of carbonyl (C=O) groups is 2. The quantitative estimate of drug-likeness (QED) is 0.772. The zero-order valence-corrected chi connectivity index (χ0v) is 15.6. The van der Waals surface area contributed by atoms with Crippen LogP contribution in [-0.2, 0) is 16.0 Å². The number of amides is 2. The van der Waals surface area contributed by atoms with Crippen LogP contribution in [0.4, 0.5) is 10.1 Å². The summed E-state index contributed by atoms with van der Waals surface area (Å²) in [6.45, 7) is -0.120. The summed E-state index contributed by atoms with van der Waals surface area (Å²) in [6.07, 6.45) is 0.669. The SMILES string of the molecule is COc1ccc(OC)c(CCC(=O)N(C)CC(=O)Nc2cccc(F)c2)c1. The molecule has 0 aromatic heterocycles. The number of methoxy groups -OCH3 is 2. The minimum absolute atomic E-state index is 0.120. The maximum atomic E-state index is 13.2. The Morgan fingerprint density at radius 3 is 2.56 bits per heavy atom. The van der Waals surface area contributed by atoms with Gasteiger partial charge in [0.1, 0.15) is 17.3 Å². The molecule has 2 rings (SSSR count). The van der Waals surface area contributed by atoms with Gasteiger partial charge in [0.05, 0.1) is 20.8 Å². The van der Waals surface area contributed by atoms with Gasteiger partial charge < -0.3 is 19.7 Å². The number of nitrogens with zero attached hydrogens (tertiary/aromatic N) is 1. The highest BCUT2D eigenvalue weighted by molar-refractivity contribution is 5.94. The Bertz CT molecular complexity index is 810. The van der Waals surface area contributed by atoms with Crippen molar-refractivity contribution in [3.05, 3.63) is 53.8 Å². The van der Waals surface area contributed by atoms with Gasteiger partial charge in [0.15, 0.2) is 0 Å². The first-order valence-electron chi connectivity index (χ1n) is 8.43. The molecule has 0 fully saturated rings. The van der Waals surface area contributed by atoms with Crippen LogP contribution < -0.4 is 14.8 Å². The van der Waals surface area contributed by atoms with E-state index in [9.17, 15) is 14.0 Å². The Hall–Kier alpha value is -3.09. The predicted octanol–water partition coefficient (Wildman–Crippen LogP) is 2.87. The van der Waals surface area contributed by atoms with E-state index in [4.69, 9.17) is 9.47 Å². The van der Waals surface area contributed by atoms with Crippen molar-refractivity contribution < 1.29 is 23.5 Å². The van der Waals surface area contributed by atoms with Gasteiger partial charge in [-0.3, -0.25) is 9.59 Å². The van der Waals surface area contributed by atoms with Crippen molar-refractivity contribution in [2.24, 2.45) is 0 Å². The molecule has 144 valence electrons. The van der Waals surface area contributed by atoms with Crippen LogP contribution in [0.1, 0.15) is 12.0 Å². The van der Waals surface area contributed by atoms with Gasteiger partial charge in [0.25, 0.3) is 0 Å². The van der Waals surface area contributed by atoms with Crippen molar-refractivity contribution in [3.8, 4) is 11.5 Å². The Morgan fingerprint density at radius 1 is 1.11 bits per heavy atom. The lowest BCUT2D eigenvalue weighted by molar-refractivity contribution is -0.133. The molecule has 0 unspecified atom stereocenters. The first-order valence-corrected chi connectivity index (χ1v) is 8.43. The molecule has 0 heterocycles. The number of aryl methyl sites for hydroxylation is 1. The van der Waals surface area contributed by atoms with Crippen molar-refractivity contribution in [2.75, 3.05) is 33.1 Å². The minimum Gasteiger partial charge on any atom is -0.497 e. The van der Waals surface area contributed by atoms with Gasteiger partial charge in [-0.1, -0.05) is 6.07 Å². The molecule has 7 heteroatoms. The van der Waals surface area contributed by atoms with E-state index in [1.54, 1.807) is 39.5 Å². The monoisotopic (exact) mass is 374 g/mol. The van der Waals surface area contributed by atoms with Crippen LogP contribution in [-0.4, -0.2) is 44.5 Å². The van der Waals surface area contributed by atoms with Gasteiger partial charge in [0, 0.05) is 19.2 Å². The van der Waals surface area contributed by atoms with Crippen molar-refractivity contribution in [2.45, 2.75) is 12.8 Å². The van der Waals surface area contributed by atoms with Crippen molar-refractivity contribution >= 4 is 17.5 Å². The summed E-state index contributed by atoms with van der Waals surface area (Å²) < 4.78 is 23.6. The number of nitrogens with one attached hydrogen (secondary N) is 1. The van der Waals surface area contributed by atoms with Gasteiger partial charge in [-0.25, -0.2) is 4.39 Å². The maximum Gasteiger partial charge on any atom is 0.243 e. The van der Waals surface area contributed by atoms with E-state index in [-0.39, 0.29) is 18.9 Å². The highest BCUT2D eigenvalue weighted by atomic mass is 19.1. The lowest BCUT2D eigenvalue weighted by atomic mass is 10.1. The number of anilines is 1. The van der Waals surface area contributed by atoms with Gasteiger partial charge in [-0.05, 0) is 48.4 Å². The summed E-state index contributed by atoms with van der Waals surface area (Å²) in [5, 5.41) is 2.57. The van der Waals surface area contributed by atoms with Gasteiger partial charge in [-0.2, -0.15) is 0 Å². The smallest absolute Gasteiger partial charge is 0.243 e. The van der Waals surface area contributed by atoms with Crippen LogP contribution in [0.2, 0.25) is 0 Å². The molecule has 0 saturated carbocycles. The number of hydrogen-bond donors (Lipinski definition) is 1. The maximum absolute atomic E-state index is 13.2. The molecule has 0 atom stereocenters. The highest BCUT2D eigenvalue weighted by Gasteiger charge is 2.15. The largest absolute Gasteiger partial charge is 0.497 e. The lowest BCUT2D eigenvalue weighted by Gasteiger charge is -2.17. The number of hydrogen-bond acceptors (Lipinski definition) is 4. The molecule has 0 aliphatic carbocycles. The number of carbonyl (C=O) groups excluding carboxylic acids is 2. The summed E-state index contributed by atoms with van der Waals surface area (Å²) in [5.74, 6) is 0.338. The van der Waals surface area contributed by atoms with Crippen LogP contribution >= 0.6 is 0 Å². The predicted molar refractivity (Wildman–Crippen MR) is 101 cm³/mol. The van der Waals surface area contributed by atoms with E-state index < -0.39 is 11.7 Å². The van der Waals surface area contributed by atoms with E-state index >= 15 is 0 Å². The van der Waals surface area contributed by atoms with Gasteiger partial charge in [-0.15, -0.1) is 0 Å². The van der Waals surface area contributed by atoms with Gasteiger partial charge in [0.2, 0.25) is 11.8 Å². The molecule has 1 N–H and O–H groups in total. The second kappa shape index (κ2) is 9.56. The summed E-state index contributed by atoms with van der Waals surface area (Å²) in [7, 11) is 4.69. The van der Waals surface area contributed by atoms with E-state index in [1.165, 1.54) is 23.1 Å². The molecule has 0 aliphatic rings. The van der Waals surface area contributed by atoms with Crippen LogP contribution in [0.15, 0.2) is 42.5 Å². The fraction of sp³-hybridized carbons (Fsp3) is 0.300. The summed E-state index contributed by atoms with van der Waals surface area (Å²) in [5.41, 5.74) is 1.20. The fourth-order valence-electron chi connectivity index (χ4n) is 2.58. The van der Waals surface area contributed by atoms with E-state index in [0.717, 1.165) is 5.56 Å². The Morgan fingerprint density at radius 2 is 1.89 bits per heavy atom. The van der Waals surface area contributed by atoms with Crippen LogP contribution in [0.25, 0.3) is 0 Å². The summed E-state index contributed by atoms with van der Waals surface area (Å²) in [4.78, 5) is 25.7. The first kappa shape index (κ1) is 20.2. The first-order chi connectivity index (χ1) is 12.9. The second-order valence-corrected chi connectivity index (χ2v) is 5.99. The number of rotatable bonds is 8. The molecular formula is C20H23FN2O4. The molecule has 2 aromatic carbocycles. The van der Waals surface area contributed by atoms with Crippen LogP contribution in [0.3, 0.4) is 0 Å². The fourth-order valence-corrected chi connectivity index (χ4v) is 2.58.